The summed E-state index contributed by atoms with van der Waals surface area (Å²) in [4.78, 5) is 22.3. The number of hydrogen-bond acceptors (Lipinski definition) is 4. The molecular formula is C10H14O4. The molecule has 1 aliphatic carbocycles. The lowest BCUT2D eigenvalue weighted by atomic mass is 9.85. The van der Waals surface area contributed by atoms with Gasteiger partial charge in [0, 0.05) is 12.8 Å². The summed E-state index contributed by atoms with van der Waals surface area (Å²) in [5.74, 6) is -1.38. The summed E-state index contributed by atoms with van der Waals surface area (Å²) >= 11 is 0. The molecule has 1 unspecified atom stereocenters. The van der Waals surface area contributed by atoms with Crippen LogP contribution in [0.4, 0.5) is 0 Å². The lowest BCUT2D eigenvalue weighted by Crippen LogP contribution is -2.47. The average molecular weight is 198 g/mol. The predicted molar refractivity (Wildman–Crippen MR) is 47.2 cm³/mol. The van der Waals surface area contributed by atoms with E-state index in [4.69, 9.17) is 9.47 Å². The Kier molecular flexibility index (Phi) is 2.21. The van der Waals surface area contributed by atoms with Crippen molar-refractivity contribution in [3.63, 3.8) is 0 Å². The molecule has 1 saturated heterocycles. The molecular weight excluding hydrogens is 184 g/mol. The van der Waals surface area contributed by atoms with E-state index in [-0.39, 0.29) is 6.42 Å². The van der Waals surface area contributed by atoms with Crippen LogP contribution in [0, 0.1) is 5.92 Å². The average Bonchev–Trinajstić information content (AvgIpc) is 1.99. The molecule has 1 aliphatic heterocycles. The van der Waals surface area contributed by atoms with Gasteiger partial charge in [0.2, 0.25) is 0 Å². The normalized spacial score (nSPS) is 31.1. The molecule has 1 saturated carbocycles. The number of ether oxygens (including phenoxy) is 2. The summed E-state index contributed by atoms with van der Waals surface area (Å²) < 4.78 is 10.3. The molecule has 14 heavy (non-hydrogen) atoms. The molecule has 2 rings (SSSR count). The Balaban J connectivity index is 2.13. The summed E-state index contributed by atoms with van der Waals surface area (Å²) in [6.07, 6.45) is 3.11. The summed E-state index contributed by atoms with van der Waals surface area (Å²) in [6, 6.07) is 0. The minimum atomic E-state index is -0.927. The quantitative estimate of drug-likeness (QED) is 0.436. The van der Waals surface area contributed by atoms with Crippen molar-refractivity contribution >= 4 is 11.9 Å². The maximum atomic E-state index is 11.1. The van der Waals surface area contributed by atoms with Crippen LogP contribution < -0.4 is 0 Å². The number of carbonyl (C=O) groups is 2. The Morgan fingerprint density at radius 3 is 2.50 bits per heavy atom. The predicted octanol–water partition coefficient (Wildman–Crippen LogP) is 1.38. The second kappa shape index (κ2) is 3.26. The van der Waals surface area contributed by atoms with Gasteiger partial charge in [0.25, 0.3) is 5.79 Å². The Hall–Kier alpha value is -1.06. The van der Waals surface area contributed by atoms with Crippen LogP contribution in [0.25, 0.3) is 0 Å². The zero-order chi connectivity index (χ0) is 10.2. The van der Waals surface area contributed by atoms with E-state index in [0.717, 1.165) is 12.8 Å². The molecule has 1 atom stereocenters. The molecule has 0 amide bonds. The monoisotopic (exact) mass is 198 g/mol. The van der Waals surface area contributed by atoms with E-state index in [1.54, 1.807) is 0 Å². The number of rotatable bonds is 0. The van der Waals surface area contributed by atoms with Crippen molar-refractivity contribution < 1.29 is 19.1 Å². The third-order valence-corrected chi connectivity index (χ3v) is 2.80. The smallest absolute Gasteiger partial charge is 0.320 e. The first-order valence-electron chi connectivity index (χ1n) is 5.03. The highest BCUT2D eigenvalue weighted by atomic mass is 16.7. The van der Waals surface area contributed by atoms with Gasteiger partial charge in [0.05, 0.1) is 0 Å². The molecule has 0 aromatic rings. The summed E-state index contributed by atoms with van der Waals surface area (Å²) in [5, 5.41) is 0. The summed E-state index contributed by atoms with van der Waals surface area (Å²) in [6.45, 7) is 2.08. The molecule has 0 aromatic carbocycles. The maximum absolute atomic E-state index is 11.1. The molecule has 4 nitrogen and oxygen atoms in total. The second-order valence-electron chi connectivity index (χ2n) is 4.24. The molecule has 4 heteroatoms. The van der Waals surface area contributed by atoms with E-state index in [1.165, 1.54) is 0 Å². The second-order valence-corrected chi connectivity index (χ2v) is 4.24. The van der Waals surface area contributed by atoms with E-state index in [1.807, 2.05) is 0 Å². The first-order chi connectivity index (χ1) is 6.60. The van der Waals surface area contributed by atoms with Gasteiger partial charge in [0.15, 0.2) is 0 Å². The van der Waals surface area contributed by atoms with Gasteiger partial charge in [-0.15, -0.1) is 0 Å². The number of hydrogen-bond donors (Lipinski definition) is 0. The van der Waals surface area contributed by atoms with Crippen LogP contribution in [0.15, 0.2) is 0 Å². The molecule has 2 fully saturated rings. The van der Waals surface area contributed by atoms with Gasteiger partial charge in [0.1, 0.15) is 6.42 Å². The largest absolute Gasteiger partial charge is 0.422 e. The van der Waals surface area contributed by atoms with Crippen LogP contribution in [-0.4, -0.2) is 17.7 Å². The highest BCUT2D eigenvalue weighted by molar-refractivity contribution is 5.93. The SMILES string of the molecule is CC1CCCC2(C1)OC(=O)CC(=O)O2. The molecule has 2 aliphatic rings. The van der Waals surface area contributed by atoms with Crippen molar-refractivity contribution in [3.8, 4) is 0 Å². The van der Waals surface area contributed by atoms with Crippen molar-refractivity contribution in [1.29, 1.82) is 0 Å². The van der Waals surface area contributed by atoms with E-state index >= 15 is 0 Å². The van der Waals surface area contributed by atoms with Gasteiger partial charge in [-0.1, -0.05) is 13.3 Å². The van der Waals surface area contributed by atoms with Crippen LogP contribution >= 0.6 is 0 Å². The zero-order valence-corrected chi connectivity index (χ0v) is 8.25. The molecule has 1 heterocycles. The Labute approximate surface area is 82.6 Å². The van der Waals surface area contributed by atoms with Crippen LogP contribution in [-0.2, 0) is 19.1 Å². The van der Waals surface area contributed by atoms with Crippen LogP contribution in [0.5, 0.6) is 0 Å². The first kappa shape index (κ1) is 9.49. The topological polar surface area (TPSA) is 52.6 Å². The number of carbonyl (C=O) groups excluding carboxylic acids is 2. The van der Waals surface area contributed by atoms with Crippen molar-refractivity contribution in [2.75, 3.05) is 0 Å². The Morgan fingerprint density at radius 1 is 1.29 bits per heavy atom. The lowest BCUT2D eigenvalue weighted by Gasteiger charge is -2.40. The molecule has 0 N–H and O–H groups in total. The summed E-state index contributed by atoms with van der Waals surface area (Å²) in [5.41, 5.74) is 0. The Morgan fingerprint density at radius 2 is 1.93 bits per heavy atom. The van der Waals surface area contributed by atoms with Gasteiger partial charge >= 0.3 is 11.9 Å². The molecule has 1 spiro atoms. The lowest BCUT2D eigenvalue weighted by molar-refractivity contribution is -0.256. The third-order valence-electron chi connectivity index (χ3n) is 2.80. The van der Waals surface area contributed by atoms with Gasteiger partial charge < -0.3 is 9.47 Å². The maximum Gasteiger partial charge on any atom is 0.320 e. The first-order valence-corrected chi connectivity index (χ1v) is 5.03. The van der Waals surface area contributed by atoms with Crippen LogP contribution in [0.2, 0.25) is 0 Å². The van der Waals surface area contributed by atoms with E-state index in [0.29, 0.717) is 18.8 Å². The highest BCUT2D eigenvalue weighted by Crippen LogP contribution is 2.38. The van der Waals surface area contributed by atoms with Crippen LogP contribution in [0.1, 0.15) is 39.0 Å². The van der Waals surface area contributed by atoms with E-state index in [2.05, 4.69) is 6.92 Å². The third kappa shape index (κ3) is 1.74. The molecule has 0 aromatic heterocycles. The van der Waals surface area contributed by atoms with Gasteiger partial charge in [-0.2, -0.15) is 0 Å². The minimum absolute atomic E-state index is 0.240. The standard InChI is InChI=1S/C10H14O4/c1-7-3-2-4-10(6-7)13-8(11)5-9(12)14-10/h7H,2-6H2,1H3. The minimum Gasteiger partial charge on any atom is -0.422 e. The Bertz CT molecular complexity index is 255. The zero-order valence-electron chi connectivity index (χ0n) is 8.25. The van der Waals surface area contributed by atoms with Crippen molar-refractivity contribution in [2.45, 2.75) is 44.8 Å². The van der Waals surface area contributed by atoms with Crippen LogP contribution in [0.3, 0.4) is 0 Å². The number of esters is 2. The molecule has 0 radical (unpaired) electrons. The van der Waals surface area contributed by atoms with Gasteiger partial charge in [-0.05, 0) is 12.3 Å². The summed E-state index contributed by atoms with van der Waals surface area (Å²) in [7, 11) is 0. The van der Waals surface area contributed by atoms with Crippen molar-refractivity contribution in [3.05, 3.63) is 0 Å². The van der Waals surface area contributed by atoms with Gasteiger partial charge in [-0.25, -0.2) is 0 Å². The fourth-order valence-electron chi connectivity index (χ4n) is 2.27. The van der Waals surface area contributed by atoms with Gasteiger partial charge in [-0.3, -0.25) is 9.59 Å². The highest BCUT2D eigenvalue weighted by Gasteiger charge is 2.45. The van der Waals surface area contributed by atoms with E-state index in [9.17, 15) is 9.59 Å². The fourth-order valence-corrected chi connectivity index (χ4v) is 2.27. The van der Waals surface area contributed by atoms with E-state index < -0.39 is 17.7 Å². The molecule has 78 valence electrons. The van der Waals surface area contributed by atoms with Crippen molar-refractivity contribution in [2.24, 2.45) is 5.92 Å². The van der Waals surface area contributed by atoms with Crippen molar-refractivity contribution in [1.82, 2.24) is 0 Å². The fraction of sp³-hybridized carbons (Fsp3) is 0.800. The molecule has 0 bridgehead atoms.